The number of halogens is 3. The Morgan fingerprint density at radius 2 is 1.81 bits per heavy atom. The van der Waals surface area contributed by atoms with Gasteiger partial charge in [-0.25, -0.2) is 8.78 Å². The molecule has 21 heavy (non-hydrogen) atoms. The van der Waals surface area contributed by atoms with Crippen molar-refractivity contribution in [1.82, 2.24) is 0 Å². The topological polar surface area (TPSA) is 26.0 Å². The van der Waals surface area contributed by atoms with Gasteiger partial charge in [-0.1, -0.05) is 50.6 Å². The van der Waals surface area contributed by atoms with Gasteiger partial charge in [0.1, 0.15) is 0 Å². The number of hydrogen-bond acceptors (Lipinski definition) is 1. The Kier molecular flexibility index (Phi) is 6.00. The van der Waals surface area contributed by atoms with E-state index in [2.05, 4.69) is 6.92 Å². The van der Waals surface area contributed by atoms with Crippen LogP contribution in [0.1, 0.15) is 63.5 Å². The zero-order valence-corrected chi connectivity index (χ0v) is 13.3. The van der Waals surface area contributed by atoms with E-state index in [0.717, 1.165) is 30.9 Å². The molecule has 1 aromatic rings. The van der Waals surface area contributed by atoms with Crippen LogP contribution in [0.2, 0.25) is 5.02 Å². The van der Waals surface area contributed by atoms with Crippen molar-refractivity contribution >= 4 is 11.6 Å². The molecule has 1 aromatic carbocycles. The monoisotopic (exact) mass is 315 g/mol. The number of unbranched alkanes of at least 4 members (excludes halogenated alkanes) is 1. The number of benzene rings is 1. The van der Waals surface area contributed by atoms with Crippen molar-refractivity contribution in [1.29, 1.82) is 0 Å². The lowest BCUT2D eigenvalue weighted by atomic mass is 9.75. The summed E-state index contributed by atoms with van der Waals surface area (Å²) in [6.07, 6.45) is 8.28. The van der Waals surface area contributed by atoms with Crippen molar-refractivity contribution in [3.05, 3.63) is 34.4 Å². The SMILES string of the molecule is CCCCC1CCC(C(N)c2cc(F)c(F)cc2Cl)CC1. The van der Waals surface area contributed by atoms with Gasteiger partial charge in [-0.3, -0.25) is 0 Å². The summed E-state index contributed by atoms with van der Waals surface area (Å²) in [4.78, 5) is 0. The Morgan fingerprint density at radius 3 is 2.43 bits per heavy atom. The average molecular weight is 316 g/mol. The van der Waals surface area contributed by atoms with Crippen LogP contribution in [-0.4, -0.2) is 0 Å². The van der Waals surface area contributed by atoms with Gasteiger partial charge in [-0.2, -0.15) is 0 Å². The molecule has 1 fully saturated rings. The minimum atomic E-state index is -0.917. The molecule has 2 N–H and O–H groups in total. The second-order valence-corrected chi connectivity index (χ2v) is 6.64. The smallest absolute Gasteiger partial charge is 0.160 e. The zero-order chi connectivity index (χ0) is 15.4. The molecule has 1 aliphatic rings. The first kappa shape index (κ1) is 16.7. The molecule has 4 heteroatoms. The number of rotatable bonds is 5. The van der Waals surface area contributed by atoms with E-state index in [1.54, 1.807) is 0 Å². The lowest BCUT2D eigenvalue weighted by Gasteiger charge is -2.32. The summed E-state index contributed by atoms with van der Waals surface area (Å²) < 4.78 is 26.5. The maximum absolute atomic E-state index is 13.4. The Bertz CT molecular complexity index is 470. The molecule has 118 valence electrons. The van der Waals surface area contributed by atoms with E-state index in [4.69, 9.17) is 17.3 Å². The molecule has 1 saturated carbocycles. The van der Waals surface area contributed by atoms with Crippen LogP contribution in [0.3, 0.4) is 0 Å². The molecular formula is C17H24ClF2N. The second-order valence-electron chi connectivity index (χ2n) is 6.24. The summed E-state index contributed by atoms with van der Waals surface area (Å²) in [5.41, 5.74) is 6.80. The molecule has 0 aliphatic heterocycles. The van der Waals surface area contributed by atoms with Gasteiger partial charge in [0.25, 0.3) is 0 Å². The van der Waals surface area contributed by atoms with E-state index in [9.17, 15) is 8.78 Å². The highest BCUT2D eigenvalue weighted by Gasteiger charge is 2.28. The molecule has 1 atom stereocenters. The fraction of sp³-hybridized carbons (Fsp3) is 0.647. The summed E-state index contributed by atoms with van der Waals surface area (Å²) in [6, 6.07) is 1.88. The summed E-state index contributed by atoms with van der Waals surface area (Å²) in [5.74, 6) is -0.681. The fourth-order valence-corrected chi connectivity index (χ4v) is 3.65. The van der Waals surface area contributed by atoms with Crippen molar-refractivity contribution in [3.8, 4) is 0 Å². The van der Waals surface area contributed by atoms with E-state index in [1.165, 1.54) is 32.1 Å². The fourth-order valence-electron chi connectivity index (χ4n) is 3.38. The third kappa shape index (κ3) is 4.17. The quantitative estimate of drug-likeness (QED) is 0.702. The molecule has 1 aliphatic carbocycles. The van der Waals surface area contributed by atoms with Crippen LogP contribution in [0.4, 0.5) is 8.78 Å². The molecule has 0 heterocycles. The third-order valence-corrected chi connectivity index (χ3v) is 5.09. The molecule has 2 rings (SSSR count). The Morgan fingerprint density at radius 1 is 1.19 bits per heavy atom. The van der Waals surface area contributed by atoms with Gasteiger partial charge in [0.05, 0.1) is 0 Å². The number of nitrogens with two attached hydrogens (primary N) is 1. The molecular weight excluding hydrogens is 292 g/mol. The van der Waals surface area contributed by atoms with Crippen molar-refractivity contribution < 1.29 is 8.78 Å². The van der Waals surface area contributed by atoms with Crippen molar-refractivity contribution in [3.63, 3.8) is 0 Å². The first-order valence-electron chi connectivity index (χ1n) is 7.93. The highest BCUT2D eigenvalue weighted by Crippen LogP contribution is 2.39. The second kappa shape index (κ2) is 7.55. The maximum Gasteiger partial charge on any atom is 0.160 e. The van der Waals surface area contributed by atoms with E-state index >= 15 is 0 Å². The first-order chi connectivity index (χ1) is 10.0. The van der Waals surface area contributed by atoms with Gasteiger partial charge in [-0.05, 0) is 42.4 Å². The predicted molar refractivity (Wildman–Crippen MR) is 83.3 cm³/mol. The van der Waals surface area contributed by atoms with Gasteiger partial charge >= 0.3 is 0 Å². The van der Waals surface area contributed by atoms with Crippen LogP contribution in [0.5, 0.6) is 0 Å². The number of hydrogen-bond donors (Lipinski definition) is 1. The van der Waals surface area contributed by atoms with Gasteiger partial charge < -0.3 is 5.73 Å². The predicted octanol–water partition coefficient (Wildman–Crippen LogP) is 5.61. The largest absolute Gasteiger partial charge is 0.324 e. The standard InChI is InChI=1S/C17H24ClF2N/c1-2-3-4-11-5-7-12(8-6-11)17(21)13-9-15(19)16(20)10-14(13)18/h9-12,17H,2-8,21H2,1H3. The molecule has 1 nitrogen and oxygen atoms in total. The molecule has 0 amide bonds. The van der Waals surface area contributed by atoms with E-state index in [-0.39, 0.29) is 11.1 Å². The highest BCUT2D eigenvalue weighted by atomic mass is 35.5. The Hall–Kier alpha value is -0.670. The van der Waals surface area contributed by atoms with Crippen LogP contribution in [0.15, 0.2) is 12.1 Å². The van der Waals surface area contributed by atoms with E-state index in [1.807, 2.05) is 0 Å². The Balaban J connectivity index is 1.99. The minimum absolute atomic E-state index is 0.231. The lowest BCUT2D eigenvalue weighted by Crippen LogP contribution is -2.26. The minimum Gasteiger partial charge on any atom is -0.324 e. The van der Waals surface area contributed by atoms with Gasteiger partial charge in [0.2, 0.25) is 0 Å². The molecule has 0 radical (unpaired) electrons. The summed E-state index contributed by atoms with van der Waals surface area (Å²) >= 11 is 6.03. The third-order valence-electron chi connectivity index (χ3n) is 4.76. The van der Waals surface area contributed by atoms with E-state index in [0.29, 0.717) is 11.5 Å². The highest BCUT2D eigenvalue weighted by molar-refractivity contribution is 6.31. The lowest BCUT2D eigenvalue weighted by molar-refractivity contribution is 0.232. The zero-order valence-electron chi connectivity index (χ0n) is 12.5. The average Bonchev–Trinajstić information content (AvgIpc) is 2.48. The van der Waals surface area contributed by atoms with Gasteiger partial charge in [0.15, 0.2) is 11.6 Å². The molecule has 0 aromatic heterocycles. The normalized spacial score (nSPS) is 24.0. The van der Waals surface area contributed by atoms with Crippen LogP contribution in [0.25, 0.3) is 0 Å². The van der Waals surface area contributed by atoms with Crippen molar-refractivity contribution in [2.24, 2.45) is 17.6 Å². The molecule has 1 unspecified atom stereocenters. The summed E-state index contributed by atoms with van der Waals surface area (Å²) in [6.45, 7) is 2.21. The van der Waals surface area contributed by atoms with Crippen LogP contribution < -0.4 is 5.73 Å². The Labute approximate surface area is 130 Å². The molecule has 0 saturated heterocycles. The molecule has 0 spiro atoms. The van der Waals surface area contributed by atoms with Gasteiger partial charge in [-0.15, -0.1) is 0 Å². The summed E-state index contributed by atoms with van der Waals surface area (Å²) in [5, 5.41) is 0.231. The van der Waals surface area contributed by atoms with Crippen molar-refractivity contribution in [2.45, 2.75) is 57.9 Å². The molecule has 0 bridgehead atoms. The van der Waals surface area contributed by atoms with Gasteiger partial charge in [0, 0.05) is 11.1 Å². The summed E-state index contributed by atoms with van der Waals surface area (Å²) in [7, 11) is 0. The maximum atomic E-state index is 13.4. The van der Waals surface area contributed by atoms with Crippen LogP contribution in [0, 0.1) is 23.5 Å². The first-order valence-corrected chi connectivity index (χ1v) is 8.30. The van der Waals surface area contributed by atoms with Crippen LogP contribution >= 0.6 is 11.6 Å². The van der Waals surface area contributed by atoms with Crippen LogP contribution in [-0.2, 0) is 0 Å². The van der Waals surface area contributed by atoms with E-state index < -0.39 is 11.6 Å². The van der Waals surface area contributed by atoms with Crippen molar-refractivity contribution in [2.75, 3.05) is 0 Å².